The van der Waals surface area contributed by atoms with Gasteiger partial charge < -0.3 is 35.1 Å². The molecule has 2 aromatic carbocycles. The Bertz CT molecular complexity index is 1380. The van der Waals surface area contributed by atoms with Gasteiger partial charge in [0.1, 0.15) is 17.9 Å². The maximum absolute atomic E-state index is 12.2. The molecule has 2 amide bonds. The molecule has 12 heteroatoms. The van der Waals surface area contributed by atoms with Gasteiger partial charge in [0.25, 0.3) is 0 Å². The monoisotopic (exact) mass is 533 g/mol. The maximum Gasteiger partial charge on any atom is 0.407 e. The van der Waals surface area contributed by atoms with E-state index in [0.717, 1.165) is 5.56 Å². The van der Waals surface area contributed by atoms with E-state index in [1.807, 2.05) is 34.9 Å². The number of carbonyl (C=O) groups is 2. The first-order valence-corrected chi connectivity index (χ1v) is 12.5. The third kappa shape index (κ3) is 7.65. The van der Waals surface area contributed by atoms with Crippen molar-refractivity contribution in [3.05, 3.63) is 71.9 Å². The summed E-state index contributed by atoms with van der Waals surface area (Å²) in [6.07, 6.45) is 2.29. The lowest BCUT2D eigenvalue weighted by atomic mass is 10.1. The number of ether oxygens (including phenoxy) is 3. The average molecular weight is 534 g/mol. The third-order valence-corrected chi connectivity index (χ3v) is 5.69. The van der Waals surface area contributed by atoms with Crippen LogP contribution in [-0.2, 0) is 22.6 Å². The summed E-state index contributed by atoms with van der Waals surface area (Å²) in [7, 11) is 1.62. The first kappa shape index (κ1) is 27.3. The number of fused-ring (bicyclic) bond motifs is 1. The third-order valence-electron chi connectivity index (χ3n) is 5.69. The highest BCUT2D eigenvalue weighted by atomic mass is 16.5. The Morgan fingerprint density at radius 2 is 1.90 bits per heavy atom. The minimum Gasteiger partial charge on any atom is -0.491 e. The summed E-state index contributed by atoms with van der Waals surface area (Å²) in [6.45, 7) is 1.92. The van der Waals surface area contributed by atoms with Gasteiger partial charge in [0, 0.05) is 45.0 Å². The molecule has 4 aromatic rings. The fourth-order valence-corrected chi connectivity index (χ4v) is 3.87. The number of primary amides is 1. The molecule has 4 rings (SSSR count). The lowest BCUT2D eigenvalue weighted by Gasteiger charge is -2.14. The Labute approximate surface area is 225 Å². The van der Waals surface area contributed by atoms with E-state index in [2.05, 4.69) is 20.8 Å². The van der Waals surface area contributed by atoms with E-state index >= 15 is 0 Å². The molecular formula is C27H31N7O5. The van der Waals surface area contributed by atoms with E-state index in [4.69, 9.17) is 24.9 Å². The summed E-state index contributed by atoms with van der Waals surface area (Å²) in [5.74, 6) is 0.844. The number of hydrogen-bond acceptors (Lipinski definition) is 9. The molecule has 0 bridgehead atoms. The van der Waals surface area contributed by atoms with Crippen LogP contribution in [0.2, 0.25) is 0 Å². The Hall–Kier alpha value is -4.71. The number of nitrogens with zero attached hydrogens (tertiary/aromatic N) is 4. The Morgan fingerprint density at radius 1 is 1.05 bits per heavy atom. The van der Waals surface area contributed by atoms with Gasteiger partial charge in [0.2, 0.25) is 11.9 Å². The number of methoxy groups -OCH3 is 1. The topological polar surface area (TPSA) is 156 Å². The van der Waals surface area contributed by atoms with Crippen molar-refractivity contribution in [2.24, 2.45) is 5.73 Å². The molecule has 0 unspecified atom stereocenters. The number of anilines is 2. The summed E-state index contributed by atoms with van der Waals surface area (Å²) < 4.78 is 18.4. The van der Waals surface area contributed by atoms with Crippen LogP contribution in [0.15, 0.2) is 60.8 Å². The zero-order chi connectivity index (χ0) is 27.5. The second kappa shape index (κ2) is 13.7. The van der Waals surface area contributed by atoms with E-state index in [1.165, 1.54) is 0 Å². The van der Waals surface area contributed by atoms with Gasteiger partial charge in [0.05, 0.1) is 12.1 Å². The van der Waals surface area contributed by atoms with Crippen LogP contribution in [0.3, 0.4) is 0 Å². The summed E-state index contributed by atoms with van der Waals surface area (Å²) in [6, 6.07) is 16.2. The molecule has 2 heterocycles. The van der Waals surface area contributed by atoms with E-state index in [-0.39, 0.29) is 12.2 Å². The zero-order valence-electron chi connectivity index (χ0n) is 21.6. The van der Waals surface area contributed by atoms with Gasteiger partial charge in [-0.25, -0.2) is 9.78 Å². The fourth-order valence-electron chi connectivity index (χ4n) is 3.87. The summed E-state index contributed by atoms with van der Waals surface area (Å²) in [5.41, 5.74) is 7.96. The van der Waals surface area contributed by atoms with Gasteiger partial charge in [-0.05, 0) is 36.2 Å². The number of nitrogens with two attached hydrogens (primary N) is 1. The minimum atomic E-state index is -0.588. The van der Waals surface area contributed by atoms with Crippen LogP contribution in [0.1, 0.15) is 28.8 Å². The minimum absolute atomic E-state index is 0.191. The second-order valence-electron chi connectivity index (χ2n) is 8.56. The van der Waals surface area contributed by atoms with Crippen molar-refractivity contribution in [1.29, 1.82) is 0 Å². The van der Waals surface area contributed by atoms with Crippen molar-refractivity contribution in [3.8, 4) is 5.75 Å². The lowest BCUT2D eigenvalue weighted by Crippen LogP contribution is -2.26. The van der Waals surface area contributed by atoms with Gasteiger partial charge in [0.15, 0.2) is 5.82 Å². The van der Waals surface area contributed by atoms with Gasteiger partial charge in [-0.1, -0.05) is 30.3 Å². The highest BCUT2D eigenvalue weighted by Crippen LogP contribution is 2.32. The van der Waals surface area contributed by atoms with Gasteiger partial charge in [-0.3, -0.25) is 4.79 Å². The largest absolute Gasteiger partial charge is 0.491 e. The SMILES string of the molecule is COCCCOc1cc(C(N)=O)cc2nc(Nc3cccnn3)n(CCCNC(=O)OCc3ccccc3)c12. The standard InChI is InChI=1S/C27H31N7O5/c1-37-14-7-15-38-22-17-20(25(28)35)16-21-24(22)34(26(31-21)32-23-10-5-12-30-33-23)13-6-11-29-27(36)39-18-19-8-3-2-4-9-19/h2-5,8-10,12,16-17H,6-7,11,13-15,18H2,1H3,(H2,28,35)(H,29,36)(H,31,32,33). The molecule has 0 spiro atoms. The second-order valence-corrected chi connectivity index (χ2v) is 8.56. The summed E-state index contributed by atoms with van der Waals surface area (Å²) in [5, 5.41) is 13.9. The molecular weight excluding hydrogens is 502 g/mol. The molecule has 204 valence electrons. The highest BCUT2D eigenvalue weighted by molar-refractivity contribution is 5.99. The summed E-state index contributed by atoms with van der Waals surface area (Å²) >= 11 is 0. The van der Waals surface area contributed by atoms with E-state index in [0.29, 0.717) is 67.7 Å². The molecule has 0 radical (unpaired) electrons. The number of hydrogen-bond donors (Lipinski definition) is 3. The molecule has 0 atom stereocenters. The molecule has 0 saturated carbocycles. The van der Waals surface area contributed by atoms with Gasteiger partial charge in [-0.15, -0.1) is 5.10 Å². The Balaban J connectivity index is 1.52. The van der Waals surface area contributed by atoms with Crippen molar-refractivity contribution >= 4 is 34.8 Å². The number of rotatable bonds is 14. The lowest BCUT2D eigenvalue weighted by molar-refractivity contribution is 0.0999. The molecule has 0 aliphatic rings. The van der Waals surface area contributed by atoms with E-state index in [1.54, 1.807) is 37.6 Å². The van der Waals surface area contributed by atoms with Crippen LogP contribution in [0.5, 0.6) is 5.75 Å². The van der Waals surface area contributed by atoms with Crippen molar-refractivity contribution in [3.63, 3.8) is 0 Å². The van der Waals surface area contributed by atoms with Crippen LogP contribution in [0.25, 0.3) is 11.0 Å². The molecule has 12 nitrogen and oxygen atoms in total. The van der Waals surface area contributed by atoms with Crippen LogP contribution < -0.4 is 21.1 Å². The van der Waals surface area contributed by atoms with Crippen LogP contribution in [-0.4, -0.2) is 58.6 Å². The number of nitrogens with one attached hydrogen (secondary N) is 2. The zero-order valence-corrected chi connectivity index (χ0v) is 21.6. The van der Waals surface area contributed by atoms with Crippen LogP contribution >= 0.6 is 0 Å². The number of alkyl carbamates (subject to hydrolysis) is 1. The van der Waals surface area contributed by atoms with Crippen molar-refractivity contribution in [2.45, 2.75) is 26.0 Å². The van der Waals surface area contributed by atoms with Gasteiger partial charge >= 0.3 is 6.09 Å². The first-order chi connectivity index (χ1) is 19.0. The number of benzene rings is 2. The van der Waals surface area contributed by atoms with Gasteiger partial charge in [-0.2, -0.15) is 5.10 Å². The van der Waals surface area contributed by atoms with E-state index < -0.39 is 12.0 Å². The molecule has 4 N–H and O–H groups in total. The number of carbonyl (C=O) groups excluding carboxylic acids is 2. The molecule has 39 heavy (non-hydrogen) atoms. The fraction of sp³-hybridized carbons (Fsp3) is 0.296. The van der Waals surface area contributed by atoms with Crippen molar-refractivity contribution in [2.75, 3.05) is 32.2 Å². The quantitative estimate of drug-likeness (QED) is 0.207. The van der Waals surface area contributed by atoms with Crippen molar-refractivity contribution < 1.29 is 23.8 Å². The number of aryl methyl sites for hydroxylation is 1. The molecule has 0 fully saturated rings. The molecule has 0 aliphatic heterocycles. The predicted molar refractivity (Wildman–Crippen MR) is 145 cm³/mol. The maximum atomic E-state index is 12.2. The summed E-state index contributed by atoms with van der Waals surface area (Å²) in [4.78, 5) is 28.9. The smallest absolute Gasteiger partial charge is 0.407 e. The first-order valence-electron chi connectivity index (χ1n) is 12.5. The number of amides is 2. The number of aromatic nitrogens is 4. The Morgan fingerprint density at radius 3 is 2.64 bits per heavy atom. The Kier molecular flexibility index (Phi) is 9.62. The van der Waals surface area contributed by atoms with Crippen LogP contribution in [0, 0.1) is 0 Å². The van der Waals surface area contributed by atoms with Crippen LogP contribution in [0.4, 0.5) is 16.6 Å². The molecule has 0 aliphatic carbocycles. The predicted octanol–water partition coefficient (Wildman–Crippen LogP) is 3.40. The van der Waals surface area contributed by atoms with Crippen molar-refractivity contribution in [1.82, 2.24) is 25.1 Å². The average Bonchev–Trinajstić information content (AvgIpc) is 3.30. The number of imidazole rings is 1. The normalized spacial score (nSPS) is 10.8. The molecule has 2 aromatic heterocycles. The highest BCUT2D eigenvalue weighted by Gasteiger charge is 2.19. The van der Waals surface area contributed by atoms with E-state index in [9.17, 15) is 9.59 Å². The molecule has 0 saturated heterocycles.